The Morgan fingerprint density at radius 3 is 2.74 bits per heavy atom. The molecule has 146 valence electrons. The van der Waals surface area contributed by atoms with E-state index in [1.807, 2.05) is 35.2 Å². The molecule has 2 saturated heterocycles. The molecule has 2 aliphatic heterocycles. The van der Waals surface area contributed by atoms with Gasteiger partial charge in [0, 0.05) is 18.7 Å². The molecule has 4 rings (SSSR count). The summed E-state index contributed by atoms with van der Waals surface area (Å²) < 4.78 is 11.3. The van der Waals surface area contributed by atoms with Crippen LogP contribution in [-0.4, -0.2) is 46.2 Å². The molecule has 1 unspecified atom stereocenters. The number of hydrogen-bond acceptors (Lipinski definition) is 6. The molecule has 0 bridgehead atoms. The van der Waals surface area contributed by atoms with Crippen LogP contribution in [0.2, 0.25) is 0 Å². The number of nitrogens with zero attached hydrogens (tertiary/aromatic N) is 3. The average molecular weight is 393 g/mol. The third-order valence-electron chi connectivity index (χ3n) is 5.19. The Bertz CT molecular complexity index is 754. The summed E-state index contributed by atoms with van der Waals surface area (Å²) in [4.78, 5) is 19.4. The highest BCUT2D eigenvalue weighted by atomic mass is 35.5. The highest BCUT2D eigenvalue weighted by molar-refractivity contribution is 5.85. The normalized spacial score (nSPS) is 25.2. The van der Waals surface area contributed by atoms with Crippen LogP contribution in [0.1, 0.15) is 44.0 Å². The van der Waals surface area contributed by atoms with E-state index >= 15 is 0 Å². The Labute approximate surface area is 164 Å². The predicted molar refractivity (Wildman–Crippen MR) is 102 cm³/mol. The van der Waals surface area contributed by atoms with Crippen LogP contribution in [0, 0.1) is 0 Å². The Morgan fingerprint density at radius 2 is 2.00 bits per heavy atom. The molecular weight excluding hydrogens is 368 g/mol. The van der Waals surface area contributed by atoms with E-state index in [1.165, 1.54) is 0 Å². The van der Waals surface area contributed by atoms with Gasteiger partial charge in [-0.05, 0) is 32.1 Å². The summed E-state index contributed by atoms with van der Waals surface area (Å²) in [6, 6.07) is 9.53. The molecule has 3 heterocycles. The van der Waals surface area contributed by atoms with Gasteiger partial charge in [-0.25, -0.2) is 0 Å². The van der Waals surface area contributed by atoms with Crippen molar-refractivity contribution in [3.8, 4) is 11.4 Å². The second-order valence-corrected chi connectivity index (χ2v) is 6.93. The SMILES string of the molecule is Cl.NC[C@H]1CC[C@@H](C(=O)N2CCCCC2c2nc(-c3ccccc3)no2)O1. The van der Waals surface area contributed by atoms with Crippen LogP contribution >= 0.6 is 12.4 Å². The second kappa shape index (κ2) is 8.82. The van der Waals surface area contributed by atoms with Gasteiger partial charge in [-0.3, -0.25) is 4.79 Å². The van der Waals surface area contributed by atoms with Crippen molar-refractivity contribution in [2.45, 2.75) is 50.4 Å². The number of halogens is 1. The molecule has 1 aromatic heterocycles. The molecular formula is C19H25ClN4O3. The summed E-state index contributed by atoms with van der Waals surface area (Å²) in [7, 11) is 0. The van der Waals surface area contributed by atoms with Gasteiger partial charge in [-0.1, -0.05) is 35.5 Å². The number of nitrogens with two attached hydrogens (primary N) is 1. The summed E-state index contributed by atoms with van der Waals surface area (Å²) in [5.41, 5.74) is 6.57. The van der Waals surface area contributed by atoms with Crippen LogP contribution in [0.5, 0.6) is 0 Å². The third-order valence-corrected chi connectivity index (χ3v) is 5.19. The van der Waals surface area contributed by atoms with E-state index in [1.54, 1.807) is 0 Å². The predicted octanol–water partition coefficient (Wildman–Crippen LogP) is 2.72. The zero-order chi connectivity index (χ0) is 17.9. The van der Waals surface area contributed by atoms with Crippen LogP contribution in [0.4, 0.5) is 0 Å². The van der Waals surface area contributed by atoms with Crippen LogP contribution in [0.15, 0.2) is 34.9 Å². The average Bonchev–Trinajstić information content (AvgIpc) is 3.38. The molecule has 7 nitrogen and oxygen atoms in total. The molecule has 1 aromatic carbocycles. The van der Waals surface area contributed by atoms with Gasteiger partial charge in [0.05, 0.1) is 6.10 Å². The number of carbonyl (C=O) groups excluding carboxylic acids is 1. The number of carbonyl (C=O) groups is 1. The minimum absolute atomic E-state index is 0. The van der Waals surface area contributed by atoms with E-state index in [2.05, 4.69) is 10.1 Å². The number of aromatic nitrogens is 2. The fourth-order valence-electron chi connectivity index (χ4n) is 3.77. The Morgan fingerprint density at radius 1 is 1.19 bits per heavy atom. The topological polar surface area (TPSA) is 94.5 Å². The van der Waals surface area contributed by atoms with Gasteiger partial charge >= 0.3 is 0 Å². The molecule has 0 spiro atoms. The number of likely N-dealkylation sites (tertiary alicyclic amines) is 1. The number of rotatable bonds is 4. The lowest BCUT2D eigenvalue weighted by Crippen LogP contribution is -2.44. The van der Waals surface area contributed by atoms with Gasteiger partial charge in [-0.15, -0.1) is 12.4 Å². The van der Waals surface area contributed by atoms with E-state index in [-0.39, 0.29) is 30.5 Å². The number of ether oxygens (including phenoxy) is 1. The van der Waals surface area contributed by atoms with Crippen molar-refractivity contribution in [3.05, 3.63) is 36.2 Å². The van der Waals surface area contributed by atoms with Crippen LogP contribution in [0.3, 0.4) is 0 Å². The molecule has 3 atom stereocenters. The molecule has 0 radical (unpaired) electrons. The van der Waals surface area contributed by atoms with Crippen molar-refractivity contribution >= 4 is 18.3 Å². The van der Waals surface area contributed by atoms with E-state index in [0.717, 1.165) is 37.7 Å². The molecule has 0 aliphatic carbocycles. The summed E-state index contributed by atoms with van der Waals surface area (Å²) in [6.07, 6.45) is 3.99. The Kier molecular flexibility index (Phi) is 6.46. The minimum Gasteiger partial charge on any atom is -0.364 e. The number of hydrogen-bond donors (Lipinski definition) is 1. The fourth-order valence-corrected chi connectivity index (χ4v) is 3.77. The number of amides is 1. The smallest absolute Gasteiger partial charge is 0.252 e. The fraction of sp³-hybridized carbons (Fsp3) is 0.526. The highest BCUT2D eigenvalue weighted by Crippen LogP contribution is 2.33. The zero-order valence-corrected chi connectivity index (χ0v) is 15.9. The number of benzene rings is 1. The van der Waals surface area contributed by atoms with Crippen molar-refractivity contribution in [1.29, 1.82) is 0 Å². The lowest BCUT2D eigenvalue weighted by Gasteiger charge is -2.35. The summed E-state index contributed by atoms with van der Waals surface area (Å²) in [5.74, 6) is 1.08. The molecule has 2 aliphatic rings. The van der Waals surface area contributed by atoms with Crippen LogP contribution < -0.4 is 5.73 Å². The second-order valence-electron chi connectivity index (χ2n) is 6.93. The summed E-state index contributed by atoms with van der Waals surface area (Å²) in [5, 5.41) is 4.11. The quantitative estimate of drug-likeness (QED) is 0.859. The van der Waals surface area contributed by atoms with Gasteiger partial charge in [0.1, 0.15) is 12.1 Å². The van der Waals surface area contributed by atoms with Gasteiger partial charge in [-0.2, -0.15) is 4.98 Å². The maximum absolute atomic E-state index is 13.0. The van der Waals surface area contributed by atoms with Crippen molar-refractivity contribution in [1.82, 2.24) is 15.0 Å². The van der Waals surface area contributed by atoms with E-state index in [9.17, 15) is 4.79 Å². The van der Waals surface area contributed by atoms with E-state index in [0.29, 0.717) is 24.8 Å². The molecule has 2 aromatic rings. The lowest BCUT2D eigenvalue weighted by molar-refractivity contribution is -0.147. The lowest BCUT2D eigenvalue weighted by atomic mass is 10.0. The molecule has 8 heteroatoms. The van der Waals surface area contributed by atoms with Gasteiger partial charge in [0.15, 0.2) is 0 Å². The number of piperidine rings is 1. The van der Waals surface area contributed by atoms with Crippen molar-refractivity contribution < 1.29 is 14.1 Å². The molecule has 1 amide bonds. The summed E-state index contributed by atoms with van der Waals surface area (Å²) >= 11 is 0. The zero-order valence-electron chi connectivity index (χ0n) is 15.1. The minimum atomic E-state index is -0.402. The monoisotopic (exact) mass is 392 g/mol. The molecule has 0 saturated carbocycles. The van der Waals surface area contributed by atoms with Gasteiger partial charge in [0.2, 0.25) is 11.7 Å². The van der Waals surface area contributed by atoms with Crippen molar-refractivity contribution in [2.24, 2.45) is 5.73 Å². The van der Waals surface area contributed by atoms with Gasteiger partial charge < -0.3 is 19.9 Å². The Hall–Kier alpha value is -1.96. The molecule has 27 heavy (non-hydrogen) atoms. The molecule has 2 N–H and O–H groups in total. The van der Waals surface area contributed by atoms with Crippen molar-refractivity contribution in [3.63, 3.8) is 0 Å². The van der Waals surface area contributed by atoms with E-state index in [4.69, 9.17) is 15.0 Å². The first-order valence-electron chi connectivity index (χ1n) is 9.31. The van der Waals surface area contributed by atoms with Gasteiger partial charge in [0.25, 0.3) is 5.91 Å². The third kappa shape index (κ3) is 4.15. The first-order chi connectivity index (χ1) is 12.8. The first kappa shape index (κ1) is 19.8. The molecule has 2 fully saturated rings. The van der Waals surface area contributed by atoms with Crippen LogP contribution in [-0.2, 0) is 9.53 Å². The highest BCUT2D eigenvalue weighted by Gasteiger charge is 2.38. The largest absolute Gasteiger partial charge is 0.364 e. The maximum Gasteiger partial charge on any atom is 0.252 e. The first-order valence-corrected chi connectivity index (χ1v) is 9.31. The standard InChI is InChI=1S/C19H24N4O3.ClH/c20-12-14-9-10-16(25-14)19(24)23-11-5-4-8-15(23)18-21-17(22-26-18)13-6-2-1-3-7-13;/h1-3,6-7,14-16H,4-5,8-12,20H2;1H/t14-,15?,16+;/m1./s1. The Balaban J connectivity index is 0.00000210. The van der Waals surface area contributed by atoms with E-state index < -0.39 is 6.10 Å². The maximum atomic E-state index is 13.0. The van der Waals surface area contributed by atoms with Crippen molar-refractivity contribution in [2.75, 3.05) is 13.1 Å². The summed E-state index contributed by atoms with van der Waals surface area (Å²) in [6.45, 7) is 1.15. The van der Waals surface area contributed by atoms with Crippen LogP contribution in [0.25, 0.3) is 11.4 Å².